The van der Waals surface area contributed by atoms with E-state index in [9.17, 15) is 13.2 Å². The molecule has 0 spiro atoms. The van der Waals surface area contributed by atoms with Crippen LogP contribution in [0, 0.1) is 12.8 Å². The molecule has 1 aromatic carbocycles. The van der Waals surface area contributed by atoms with E-state index in [-0.39, 0.29) is 9.62 Å². The molecule has 0 fully saturated rings. The molecule has 0 radical (unpaired) electrons. The van der Waals surface area contributed by atoms with Gasteiger partial charge < -0.3 is 15.0 Å². The SMILES string of the molecule is Cc1c(CC(C)C)sc(S(=O)(=O)COC(N)=O)c1-c1ccc(Cn2ccnc2C(C)(C)C)cc1. The Morgan fingerprint density at radius 1 is 1.21 bits per heavy atom. The van der Waals surface area contributed by atoms with E-state index in [1.807, 2.05) is 43.6 Å². The van der Waals surface area contributed by atoms with Crippen LogP contribution in [0.3, 0.4) is 0 Å². The number of ether oxygens (including phenoxy) is 1. The van der Waals surface area contributed by atoms with Gasteiger partial charge in [-0.25, -0.2) is 18.2 Å². The van der Waals surface area contributed by atoms with Gasteiger partial charge in [-0.15, -0.1) is 11.3 Å². The molecule has 0 saturated heterocycles. The average Bonchev–Trinajstić information content (AvgIpc) is 3.32. The lowest BCUT2D eigenvalue weighted by atomic mass is 9.95. The second-order valence-electron chi connectivity index (χ2n) is 9.93. The first kappa shape index (κ1) is 26.0. The summed E-state index contributed by atoms with van der Waals surface area (Å²) in [6.07, 6.45) is 3.44. The summed E-state index contributed by atoms with van der Waals surface area (Å²) in [5.74, 6) is 0.605. The number of hydrogen-bond acceptors (Lipinski definition) is 6. The molecule has 2 N–H and O–H groups in total. The van der Waals surface area contributed by atoms with Crippen molar-refractivity contribution >= 4 is 27.3 Å². The Bertz CT molecular complexity index is 1260. The number of sulfone groups is 1. The molecule has 3 aromatic rings. The zero-order valence-corrected chi connectivity index (χ0v) is 22.2. The maximum absolute atomic E-state index is 13.1. The number of hydrogen-bond donors (Lipinski definition) is 1. The molecule has 2 aromatic heterocycles. The highest BCUT2D eigenvalue weighted by Gasteiger charge is 2.28. The predicted molar refractivity (Wildman–Crippen MR) is 136 cm³/mol. The summed E-state index contributed by atoms with van der Waals surface area (Å²) in [6, 6.07) is 7.92. The lowest BCUT2D eigenvalue weighted by molar-refractivity contribution is 0.174. The molecule has 0 saturated carbocycles. The zero-order valence-electron chi connectivity index (χ0n) is 20.6. The smallest absolute Gasteiger partial charge is 0.405 e. The second-order valence-corrected chi connectivity index (χ2v) is 13.2. The maximum atomic E-state index is 13.1. The van der Waals surface area contributed by atoms with Crippen LogP contribution in [0.4, 0.5) is 4.79 Å². The van der Waals surface area contributed by atoms with Gasteiger partial charge in [0.05, 0.1) is 0 Å². The largest absolute Gasteiger partial charge is 0.433 e. The van der Waals surface area contributed by atoms with E-state index in [1.165, 1.54) is 11.3 Å². The van der Waals surface area contributed by atoms with Gasteiger partial charge in [0.2, 0.25) is 9.84 Å². The van der Waals surface area contributed by atoms with Crippen molar-refractivity contribution in [2.24, 2.45) is 11.7 Å². The summed E-state index contributed by atoms with van der Waals surface area (Å²) >= 11 is 1.25. The molecule has 3 rings (SSSR count). The Hall–Kier alpha value is -2.65. The first-order valence-corrected chi connectivity index (χ1v) is 13.6. The van der Waals surface area contributed by atoms with Gasteiger partial charge >= 0.3 is 6.09 Å². The number of thiophene rings is 1. The number of carbonyl (C=O) groups is 1. The standard InChI is InChI=1S/C25H33N3O4S2/c1-16(2)13-20-17(3)21(22(33-20)34(30,31)15-32-24(26)29)19-9-7-18(8-10-19)14-28-12-11-27-23(28)25(4,5)6/h7-12,16H,13-15H2,1-6H3,(H2,26,29). The number of rotatable bonds is 8. The fourth-order valence-corrected chi connectivity index (χ4v) is 7.08. The molecule has 34 heavy (non-hydrogen) atoms. The van der Waals surface area contributed by atoms with Crippen LogP contribution in [-0.4, -0.2) is 30.0 Å². The van der Waals surface area contributed by atoms with E-state index >= 15 is 0 Å². The number of benzene rings is 1. The van der Waals surface area contributed by atoms with Crippen LogP contribution < -0.4 is 5.73 Å². The van der Waals surface area contributed by atoms with E-state index in [4.69, 9.17) is 5.73 Å². The summed E-state index contributed by atoms with van der Waals surface area (Å²) in [6.45, 7) is 13.2. The monoisotopic (exact) mass is 503 g/mol. The van der Waals surface area contributed by atoms with Gasteiger partial charge in [-0.2, -0.15) is 0 Å². The van der Waals surface area contributed by atoms with Crippen LogP contribution in [-0.2, 0) is 33.0 Å². The van der Waals surface area contributed by atoms with Crippen LogP contribution in [0.15, 0.2) is 40.9 Å². The minimum Gasteiger partial charge on any atom is -0.433 e. The molecule has 1 amide bonds. The number of nitrogens with zero attached hydrogens (tertiary/aromatic N) is 2. The normalized spacial score (nSPS) is 12.3. The number of imidazole rings is 1. The number of nitrogens with two attached hydrogens (primary N) is 1. The van der Waals surface area contributed by atoms with Gasteiger partial charge in [0.25, 0.3) is 0 Å². The molecule has 9 heteroatoms. The molecule has 0 unspecified atom stereocenters. The summed E-state index contributed by atoms with van der Waals surface area (Å²) in [4.78, 5) is 16.6. The van der Waals surface area contributed by atoms with Crippen molar-refractivity contribution in [3.63, 3.8) is 0 Å². The van der Waals surface area contributed by atoms with Gasteiger partial charge in [0, 0.05) is 34.8 Å². The fraction of sp³-hybridized carbons (Fsp3) is 0.440. The van der Waals surface area contributed by atoms with Crippen molar-refractivity contribution in [3.05, 3.63) is 58.5 Å². The minimum atomic E-state index is -3.86. The summed E-state index contributed by atoms with van der Waals surface area (Å²) < 4.78 is 33.1. The highest BCUT2D eigenvalue weighted by atomic mass is 32.2. The molecule has 7 nitrogen and oxygen atoms in total. The second kappa shape index (κ2) is 9.92. The van der Waals surface area contributed by atoms with Crippen LogP contribution in [0.2, 0.25) is 0 Å². The minimum absolute atomic E-state index is 0.0692. The van der Waals surface area contributed by atoms with Crippen molar-refractivity contribution < 1.29 is 17.9 Å². The van der Waals surface area contributed by atoms with Crippen molar-refractivity contribution in [2.75, 3.05) is 5.94 Å². The Morgan fingerprint density at radius 2 is 1.85 bits per heavy atom. The number of amides is 1. The highest BCUT2D eigenvalue weighted by molar-refractivity contribution is 7.93. The maximum Gasteiger partial charge on any atom is 0.405 e. The molecule has 2 heterocycles. The Morgan fingerprint density at radius 3 is 2.41 bits per heavy atom. The van der Waals surface area contributed by atoms with Crippen molar-refractivity contribution in [1.82, 2.24) is 9.55 Å². The molecule has 0 aliphatic rings. The molecular weight excluding hydrogens is 470 g/mol. The molecule has 0 bridgehead atoms. The zero-order chi connectivity index (χ0) is 25.3. The van der Waals surface area contributed by atoms with Gasteiger partial charge in [0.1, 0.15) is 10.0 Å². The first-order chi connectivity index (χ1) is 15.8. The highest BCUT2D eigenvalue weighted by Crippen LogP contribution is 2.41. The Balaban J connectivity index is 1.99. The Kier molecular flexibility index (Phi) is 7.57. The van der Waals surface area contributed by atoms with E-state index in [2.05, 4.69) is 48.9 Å². The fourth-order valence-electron chi connectivity index (χ4n) is 3.89. The van der Waals surface area contributed by atoms with E-state index in [0.29, 0.717) is 18.0 Å². The Labute approximate surface area is 205 Å². The summed E-state index contributed by atoms with van der Waals surface area (Å²) in [7, 11) is -3.86. The number of primary amides is 1. The van der Waals surface area contributed by atoms with E-state index < -0.39 is 21.9 Å². The molecule has 0 aliphatic carbocycles. The van der Waals surface area contributed by atoms with Crippen LogP contribution in [0.25, 0.3) is 11.1 Å². The van der Waals surface area contributed by atoms with E-state index in [0.717, 1.165) is 33.8 Å². The summed E-state index contributed by atoms with van der Waals surface area (Å²) in [5, 5.41) is 0. The molecule has 0 atom stereocenters. The van der Waals surface area contributed by atoms with Crippen molar-refractivity contribution in [3.8, 4) is 11.1 Å². The average molecular weight is 504 g/mol. The van der Waals surface area contributed by atoms with Crippen LogP contribution >= 0.6 is 11.3 Å². The third-order valence-electron chi connectivity index (χ3n) is 5.43. The first-order valence-electron chi connectivity index (χ1n) is 11.2. The number of carbonyl (C=O) groups excluding carboxylic acids is 1. The topological polar surface area (TPSA) is 104 Å². The molecule has 184 valence electrons. The van der Waals surface area contributed by atoms with Gasteiger partial charge in [-0.1, -0.05) is 58.9 Å². The predicted octanol–water partition coefficient (Wildman–Crippen LogP) is 5.29. The van der Waals surface area contributed by atoms with Gasteiger partial charge in [-0.05, 0) is 36.0 Å². The van der Waals surface area contributed by atoms with Gasteiger partial charge in [-0.3, -0.25) is 0 Å². The van der Waals surface area contributed by atoms with Crippen LogP contribution in [0.5, 0.6) is 0 Å². The molecule has 0 aliphatic heterocycles. The van der Waals surface area contributed by atoms with Crippen LogP contribution in [0.1, 0.15) is 56.4 Å². The van der Waals surface area contributed by atoms with Crippen molar-refractivity contribution in [1.29, 1.82) is 0 Å². The molecular formula is C25H33N3O4S2. The lowest BCUT2D eigenvalue weighted by Gasteiger charge is -2.20. The van der Waals surface area contributed by atoms with E-state index in [1.54, 1.807) is 0 Å². The number of aromatic nitrogens is 2. The van der Waals surface area contributed by atoms with Crippen molar-refractivity contribution in [2.45, 2.75) is 64.1 Å². The quantitative estimate of drug-likeness (QED) is 0.450. The summed E-state index contributed by atoms with van der Waals surface area (Å²) in [5.41, 5.74) is 8.44. The third-order valence-corrected chi connectivity index (χ3v) is 8.75. The van der Waals surface area contributed by atoms with Gasteiger partial charge in [0.15, 0.2) is 5.94 Å². The third kappa shape index (κ3) is 5.88. The lowest BCUT2D eigenvalue weighted by Crippen LogP contribution is -2.19.